The maximum Gasteiger partial charge on any atom is 0.320 e. The van der Waals surface area contributed by atoms with Gasteiger partial charge in [0, 0.05) is 23.6 Å². The Morgan fingerprint density at radius 3 is 2.42 bits per heavy atom. The first-order chi connectivity index (χ1) is 8.74. The maximum atomic E-state index is 12.4. The van der Waals surface area contributed by atoms with Crippen LogP contribution in [0, 0.1) is 10.1 Å². The SMILES string of the molecule is CP(=O)(CCC(N)C(=O)O)c1ccc([N+](=O)[O-])cc1. The lowest BCUT2D eigenvalue weighted by molar-refractivity contribution is -0.384. The van der Waals surface area contributed by atoms with Gasteiger partial charge < -0.3 is 15.4 Å². The van der Waals surface area contributed by atoms with Crippen molar-refractivity contribution in [3.05, 3.63) is 34.4 Å². The molecule has 0 aliphatic heterocycles. The molecule has 0 heterocycles. The van der Waals surface area contributed by atoms with Crippen LogP contribution in [0.3, 0.4) is 0 Å². The van der Waals surface area contributed by atoms with Crippen LogP contribution in [0.5, 0.6) is 0 Å². The molecule has 2 atom stereocenters. The zero-order valence-corrected chi connectivity index (χ0v) is 11.2. The quantitative estimate of drug-likeness (QED) is 0.457. The van der Waals surface area contributed by atoms with E-state index in [4.69, 9.17) is 10.8 Å². The number of nitro groups is 1. The van der Waals surface area contributed by atoms with Gasteiger partial charge in [0.1, 0.15) is 13.2 Å². The lowest BCUT2D eigenvalue weighted by Crippen LogP contribution is -2.31. The van der Waals surface area contributed by atoms with Crippen molar-refractivity contribution in [2.75, 3.05) is 12.8 Å². The number of carbonyl (C=O) groups is 1. The van der Waals surface area contributed by atoms with Crippen molar-refractivity contribution in [2.45, 2.75) is 12.5 Å². The van der Waals surface area contributed by atoms with Gasteiger partial charge in [-0.2, -0.15) is 0 Å². The van der Waals surface area contributed by atoms with Crippen molar-refractivity contribution >= 4 is 24.1 Å². The zero-order valence-electron chi connectivity index (χ0n) is 10.4. The van der Waals surface area contributed by atoms with Crippen LogP contribution in [-0.2, 0) is 9.36 Å². The van der Waals surface area contributed by atoms with Crippen molar-refractivity contribution in [3.8, 4) is 0 Å². The number of benzene rings is 1. The monoisotopic (exact) mass is 286 g/mol. The number of carboxylic acids is 1. The normalized spacial score (nSPS) is 15.5. The molecular weight excluding hydrogens is 271 g/mol. The fraction of sp³-hybridized carbons (Fsp3) is 0.364. The summed E-state index contributed by atoms with van der Waals surface area (Å²) >= 11 is 0. The number of carboxylic acid groups (broad SMARTS) is 1. The minimum atomic E-state index is -2.75. The third-order valence-electron chi connectivity index (χ3n) is 2.79. The summed E-state index contributed by atoms with van der Waals surface area (Å²) < 4.78 is 12.4. The van der Waals surface area contributed by atoms with Crippen LogP contribution in [0.4, 0.5) is 5.69 Å². The van der Waals surface area contributed by atoms with Gasteiger partial charge in [0.15, 0.2) is 0 Å². The van der Waals surface area contributed by atoms with E-state index in [2.05, 4.69) is 0 Å². The first kappa shape index (κ1) is 15.3. The number of hydrogen-bond acceptors (Lipinski definition) is 5. The Morgan fingerprint density at radius 1 is 1.47 bits per heavy atom. The Bertz CT molecular complexity index is 528. The molecule has 0 radical (unpaired) electrons. The second kappa shape index (κ2) is 5.95. The molecule has 0 bridgehead atoms. The van der Waals surface area contributed by atoms with E-state index >= 15 is 0 Å². The summed E-state index contributed by atoms with van der Waals surface area (Å²) in [5.74, 6) is -1.14. The van der Waals surface area contributed by atoms with Crippen LogP contribution in [0.25, 0.3) is 0 Å². The van der Waals surface area contributed by atoms with Crippen LogP contribution in [0.2, 0.25) is 0 Å². The molecule has 0 fully saturated rings. The van der Waals surface area contributed by atoms with E-state index in [0.29, 0.717) is 5.30 Å². The molecule has 104 valence electrons. The minimum absolute atomic E-state index is 0.0778. The van der Waals surface area contributed by atoms with E-state index in [1.807, 2.05) is 0 Å². The molecule has 19 heavy (non-hydrogen) atoms. The summed E-state index contributed by atoms with van der Waals surface area (Å²) in [6.45, 7) is 1.52. The summed E-state index contributed by atoms with van der Waals surface area (Å²) in [7, 11) is -2.75. The molecule has 0 saturated carbocycles. The average molecular weight is 286 g/mol. The summed E-state index contributed by atoms with van der Waals surface area (Å²) in [6.07, 6.45) is 0.248. The average Bonchev–Trinajstić information content (AvgIpc) is 2.36. The van der Waals surface area contributed by atoms with E-state index in [1.165, 1.54) is 30.9 Å². The molecule has 8 heteroatoms. The highest BCUT2D eigenvalue weighted by Crippen LogP contribution is 2.40. The van der Waals surface area contributed by atoms with Crippen LogP contribution in [0.15, 0.2) is 24.3 Å². The summed E-state index contributed by atoms with van der Waals surface area (Å²) in [6, 6.07) is 4.38. The Labute approximate surface area is 109 Å². The lowest BCUT2D eigenvalue weighted by atomic mass is 10.2. The van der Waals surface area contributed by atoms with Gasteiger partial charge in [-0.25, -0.2) is 0 Å². The van der Waals surface area contributed by atoms with Crippen molar-refractivity contribution in [2.24, 2.45) is 5.73 Å². The molecule has 1 rings (SSSR count). The van der Waals surface area contributed by atoms with E-state index in [9.17, 15) is 19.5 Å². The zero-order chi connectivity index (χ0) is 14.6. The van der Waals surface area contributed by atoms with Gasteiger partial charge in [-0.3, -0.25) is 14.9 Å². The molecule has 1 aromatic carbocycles. The highest BCUT2D eigenvalue weighted by molar-refractivity contribution is 7.70. The molecule has 0 amide bonds. The highest BCUT2D eigenvalue weighted by atomic mass is 31.2. The van der Waals surface area contributed by atoms with Gasteiger partial charge in [0.25, 0.3) is 5.69 Å². The van der Waals surface area contributed by atoms with Gasteiger partial charge in [-0.15, -0.1) is 0 Å². The molecule has 0 spiro atoms. The molecule has 3 N–H and O–H groups in total. The summed E-state index contributed by atoms with van der Waals surface area (Å²) in [5, 5.41) is 19.6. The molecule has 7 nitrogen and oxygen atoms in total. The molecule has 1 aromatic rings. The van der Waals surface area contributed by atoms with E-state index in [0.717, 1.165) is 0 Å². The number of non-ortho nitro benzene ring substituents is 1. The summed E-state index contributed by atoms with van der Waals surface area (Å²) in [4.78, 5) is 20.6. The van der Waals surface area contributed by atoms with Crippen LogP contribution in [0.1, 0.15) is 6.42 Å². The van der Waals surface area contributed by atoms with E-state index < -0.39 is 24.1 Å². The fourth-order valence-electron chi connectivity index (χ4n) is 1.53. The molecule has 0 aliphatic rings. The van der Waals surface area contributed by atoms with Gasteiger partial charge in [-0.1, -0.05) is 0 Å². The Balaban J connectivity index is 2.79. The molecule has 0 aromatic heterocycles. The Morgan fingerprint density at radius 2 is 2.00 bits per heavy atom. The van der Waals surface area contributed by atoms with Gasteiger partial charge in [-0.05, 0) is 25.2 Å². The fourth-order valence-corrected chi connectivity index (χ4v) is 3.34. The smallest absolute Gasteiger partial charge is 0.320 e. The van der Waals surface area contributed by atoms with Crippen LogP contribution < -0.4 is 11.0 Å². The second-order valence-corrected chi connectivity index (χ2v) is 7.50. The number of nitro benzene ring substituents is 1. The second-order valence-electron chi connectivity index (χ2n) is 4.33. The number of aliphatic carboxylic acids is 1. The predicted octanol–water partition coefficient (Wildman–Crippen LogP) is 1.01. The third kappa shape index (κ3) is 4.15. The number of hydrogen-bond donors (Lipinski definition) is 2. The standard InChI is InChI=1S/C11H15N2O5P/c1-19(18,7-6-10(12)11(14)15)9-4-2-8(3-5-9)13(16)17/h2-5,10H,6-7,12H2,1H3,(H,14,15). The van der Waals surface area contributed by atoms with Gasteiger partial charge in [0.2, 0.25) is 0 Å². The van der Waals surface area contributed by atoms with Crippen molar-refractivity contribution in [3.63, 3.8) is 0 Å². The third-order valence-corrected chi connectivity index (χ3v) is 5.29. The van der Waals surface area contributed by atoms with Crippen molar-refractivity contribution in [1.29, 1.82) is 0 Å². The van der Waals surface area contributed by atoms with Gasteiger partial charge in [0.05, 0.1) is 4.92 Å². The minimum Gasteiger partial charge on any atom is -0.480 e. The van der Waals surface area contributed by atoms with Crippen molar-refractivity contribution in [1.82, 2.24) is 0 Å². The topological polar surface area (TPSA) is 124 Å². The van der Waals surface area contributed by atoms with E-state index in [-0.39, 0.29) is 18.3 Å². The first-order valence-corrected chi connectivity index (χ1v) is 7.88. The molecule has 2 unspecified atom stereocenters. The lowest BCUT2D eigenvalue weighted by Gasteiger charge is -2.14. The first-order valence-electron chi connectivity index (χ1n) is 5.54. The Kier molecular flexibility index (Phi) is 4.80. The predicted molar refractivity (Wildman–Crippen MR) is 71.4 cm³/mol. The van der Waals surface area contributed by atoms with Crippen molar-refractivity contribution < 1.29 is 19.4 Å². The largest absolute Gasteiger partial charge is 0.480 e. The summed E-state index contributed by atoms with van der Waals surface area (Å²) in [5.41, 5.74) is 5.28. The van der Waals surface area contributed by atoms with Crippen LogP contribution in [-0.4, -0.2) is 34.9 Å². The highest BCUT2D eigenvalue weighted by Gasteiger charge is 2.22. The maximum absolute atomic E-state index is 12.4. The number of nitrogens with zero attached hydrogens (tertiary/aromatic N) is 1. The number of nitrogens with two attached hydrogens (primary N) is 1. The number of rotatable bonds is 6. The van der Waals surface area contributed by atoms with Crippen LogP contribution >= 0.6 is 7.14 Å². The molecule has 0 aliphatic carbocycles. The molecule has 0 saturated heterocycles. The molecular formula is C11H15N2O5P. The van der Waals surface area contributed by atoms with E-state index in [1.54, 1.807) is 0 Å². The Hall–Kier alpha value is -1.72. The van der Waals surface area contributed by atoms with Gasteiger partial charge >= 0.3 is 5.97 Å².